The first-order chi connectivity index (χ1) is 11.1. The highest BCUT2D eigenvalue weighted by Crippen LogP contribution is 2.11. The lowest BCUT2D eigenvalue weighted by Gasteiger charge is -2.29. The molecule has 1 aliphatic heterocycles. The summed E-state index contributed by atoms with van der Waals surface area (Å²) in [6, 6.07) is 7.83. The summed E-state index contributed by atoms with van der Waals surface area (Å²) in [4.78, 5) is 27.8. The molecule has 2 amide bonds. The lowest BCUT2D eigenvalue weighted by Crippen LogP contribution is -2.49. The summed E-state index contributed by atoms with van der Waals surface area (Å²) in [6.07, 6.45) is 0.933. The van der Waals surface area contributed by atoms with E-state index in [0.717, 1.165) is 38.3 Å². The van der Waals surface area contributed by atoms with E-state index in [-0.39, 0.29) is 37.3 Å². The fourth-order valence-corrected chi connectivity index (χ4v) is 2.62. The molecule has 2 rings (SSSR count). The van der Waals surface area contributed by atoms with Gasteiger partial charge in [-0.05, 0) is 31.2 Å². The molecule has 0 saturated carbocycles. The van der Waals surface area contributed by atoms with Crippen molar-refractivity contribution in [1.82, 2.24) is 15.1 Å². The summed E-state index contributed by atoms with van der Waals surface area (Å²) in [5, 5.41) is 6.10. The van der Waals surface area contributed by atoms with Crippen molar-refractivity contribution in [3.63, 3.8) is 0 Å². The first-order valence-electron chi connectivity index (χ1n) is 8.14. The highest BCUT2D eigenvalue weighted by atomic mass is 35.5. The Kier molecular flexibility index (Phi) is 8.74. The van der Waals surface area contributed by atoms with Crippen molar-refractivity contribution < 1.29 is 9.59 Å². The van der Waals surface area contributed by atoms with Crippen LogP contribution in [0.4, 0.5) is 5.69 Å². The van der Waals surface area contributed by atoms with Gasteiger partial charge in [-0.2, -0.15) is 0 Å². The van der Waals surface area contributed by atoms with E-state index >= 15 is 0 Å². The van der Waals surface area contributed by atoms with Crippen molar-refractivity contribution in [3.8, 4) is 0 Å². The van der Waals surface area contributed by atoms with E-state index in [1.165, 1.54) is 5.56 Å². The van der Waals surface area contributed by atoms with Gasteiger partial charge in [0, 0.05) is 31.9 Å². The SMILES string of the molecule is CCc1cccc(NC(=O)CN(C)CC(=O)N2CCNCC2)c1.Cl. The number of carbonyl (C=O) groups is 2. The van der Waals surface area contributed by atoms with Crippen LogP contribution < -0.4 is 10.6 Å². The molecule has 0 aliphatic carbocycles. The van der Waals surface area contributed by atoms with Gasteiger partial charge in [-0.1, -0.05) is 19.1 Å². The summed E-state index contributed by atoms with van der Waals surface area (Å²) < 4.78 is 0. The Morgan fingerprint density at radius 2 is 1.96 bits per heavy atom. The number of amides is 2. The van der Waals surface area contributed by atoms with E-state index in [1.807, 2.05) is 29.2 Å². The third-order valence-electron chi connectivity index (χ3n) is 3.91. The predicted molar refractivity (Wildman–Crippen MR) is 98.6 cm³/mol. The number of hydrogen-bond acceptors (Lipinski definition) is 4. The van der Waals surface area contributed by atoms with Crippen molar-refractivity contribution in [2.45, 2.75) is 13.3 Å². The maximum atomic E-state index is 12.2. The first-order valence-corrected chi connectivity index (χ1v) is 8.14. The number of hydrogen-bond donors (Lipinski definition) is 2. The molecule has 1 aliphatic rings. The molecule has 0 atom stereocenters. The Morgan fingerprint density at radius 3 is 2.62 bits per heavy atom. The van der Waals surface area contributed by atoms with Crippen LogP contribution >= 0.6 is 12.4 Å². The fraction of sp³-hybridized carbons (Fsp3) is 0.529. The molecule has 1 heterocycles. The molecule has 7 heteroatoms. The van der Waals surface area contributed by atoms with Crippen molar-refractivity contribution in [2.24, 2.45) is 0 Å². The molecular weight excluding hydrogens is 328 g/mol. The van der Waals surface area contributed by atoms with E-state index in [2.05, 4.69) is 17.6 Å². The molecule has 1 aromatic rings. The Bertz CT molecular complexity index is 547. The highest BCUT2D eigenvalue weighted by Gasteiger charge is 2.18. The quantitative estimate of drug-likeness (QED) is 0.799. The summed E-state index contributed by atoms with van der Waals surface area (Å²) in [5.74, 6) is -0.0244. The topological polar surface area (TPSA) is 64.7 Å². The van der Waals surface area contributed by atoms with Gasteiger partial charge in [-0.25, -0.2) is 0 Å². The molecule has 0 spiro atoms. The zero-order valence-electron chi connectivity index (χ0n) is 14.4. The fourth-order valence-electron chi connectivity index (χ4n) is 2.62. The van der Waals surface area contributed by atoms with Crippen LogP contribution in [0, 0.1) is 0 Å². The zero-order chi connectivity index (χ0) is 16.7. The maximum absolute atomic E-state index is 12.2. The van der Waals surface area contributed by atoms with Crippen LogP contribution in [0.15, 0.2) is 24.3 Å². The van der Waals surface area contributed by atoms with Crippen LogP contribution in [0.1, 0.15) is 12.5 Å². The third-order valence-corrected chi connectivity index (χ3v) is 3.91. The van der Waals surface area contributed by atoms with Crippen LogP contribution in [0.3, 0.4) is 0 Å². The van der Waals surface area contributed by atoms with Gasteiger partial charge in [0.25, 0.3) is 0 Å². The van der Waals surface area contributed by atoms with Gasteiger partial charge < -0.3 is 15.5 Å². The number of piperazine rings is 1. The Hall–Kier alpha value is -1.63. The minimum absolute atomic E-state index is 0. The summed E-state index contributed by atoms with van der Waals surface area (Å²) in [5.41, 5.74) is 1.99. The summed E-state index contributed by atoms with van der Waals surface area (Å²) in [7, 11) is 1.79. The first kappa shape index (κ1) is 20.4. The lowest BCUT2D eigenvalue weighted by molar-refractivity contribution is -0.133. The smallest absolute Gasteiger partial charge is 0.238 e. The van der Waals surface area contributed by atoms with E-state index in [1.54, 1.807) is 11.9 Å². The lowest BCUT2D eigenvalue weighted by atomic mass is 10.1. The summed E-state index contributed by atoms with van der Waals surface area (Å²) >= 11 is 0. The molecule has 134 valence electrons. The number of carbonyl (C=O) groups excluding carboxylic acids is 2. The number of anilines is 1. The minimum Gasteiger partial charge on any atom is -0.339 e. The second-order valence-electron chi connectivity index (χ2n) is 5.91. The monoisotopic (exact) mass is 354 g/mol. The Labute approximate surface area is 150 Å². The van der Waals surface area contributed by atoms with Crippen molar-refractivity contribution in [2.75, 3.05) is 51.6 Å². The maximum Gasteiger partial charge on any atom is 0.238 e. The van der Waals surface area contributed by atoms with Crippen LogP contribution in [-0.2, 0) is 16.0 Å². The highest BCUT2D eigenvalue weighted by molar-refractivity contribution is 5.92. The van der Waals surface area contributed by atoms with E-state index in [9.17, 15) is 9.59 Å². The van der Waals surface area contributed by atoms with E-state index in [4.69, 9.17) is 0 Å². The standard InChI is InChI=1S/C17H26N4O2.ClH/c1-3-14-5-4-6-15(11-14)19-16(22)12-20(2)13-17(23)21-9-7-18-8-10-21;/h4-6,11,18H,3,7-10,12-13H2,1-2H3,(H,19,22);1H. The second kappa shape index (κ2) is 10.3. The third kappa shape index (κ3) is 6.47. The van der Waals surface area contributed by atoms with Gasteiger partial charge in [0.15, 0.2) is 0 Å². The number of nitrogens with zero attached hydrogens (tertiary/aromatic N) is 2. The molecule has 24 heavy (non-hydrogen) atoms. The Morgan fingerprint density at radius 1 is 1.25 bits per heavy atom. The molecule has 0 aromatic heterocycles. The molecule has 6 nitrogen and oxygen atoms in total. The molecular formula is C17H27ClN4O2. The van der Waals surface area contributed by atoms with Gasteiger partial charge in [-0.15, -0.1) is 12.4 Å². The number of rotatable bonds is 6. The predicted octanol–water partition coefficient (Wildman–Crippen LogP) is 0.973. The molecule has 0 radical (unpaired) electrons. The van der Waals surface area contributed by atoms with Crippen LogP contribution in [0.25, 0.3) is 0 Å². The van der Waals surface area contributed by atoms with Gasteiger partial charge in [0.2, 0.25) is 11.8 Å². The minimum atomic E-state index is -0.103. The average Bonchev–Trinajstić information content (AvgIpc) is 2.55. The molecule has 1 fully saturated rings. The molecule has 1 saturated heterocycles. The van der Waals surface area contributed by atoms with Gasteiger partial charge in [0.1, 0.15) is 0 Å². The van der Waals surface area contributed by atoms with E-state index in [0.29, 0.717) is 0 Å². The van der Waals surface area contributed by atoms with Gasteiger partial charge in [-0.3, -0.25) is 14.5 Å². The van der Waals surface area contributed by atoms with Crippen LogP contribution in [0.5, 0.6) is 0 Å². The number of aryl methyl sites for hydroxylation is 1. The zero-order valence-corrected chi connectivity index (χ0v) is 15.2. The normalized spacial score (nSPS) is 14.2. The average molecular weight is 355 g/mol. The molecule has 2 N–H and O–H groups in total. The van der Waals surface area contributed by atoms with Gasteiger partial charge >= 0.3 is 0 Å². The number of halogens is 1. The Balaban J connectivity index is 0.00000288. The number of benzene rings is 1. The van der Waals surface area contributed by atoms with Crippen LogP contribution in [0.2, 0.25) is 0 Å². The van der Waals surface area contributed by atoms with E-state index < -0.39 is 0 Å². The molecule has 1 aromatic carbocycles. The van der Waals surface area contributed by atoms with Crippen molar-refractivity contribution in [3.05, 3.63) is 29.8 Å². The largest absolute Gasteiger partial charge is 0.339 e. The number of nitrogens with one attached hydrogen (secondary N) is 2. The van der Waals surface area contributed by atoms with Gasteiger partial charge in [0.05, 0.1) is 13.1 Å². The van der Waals surface area contributed by atoms with Crippen LogP contribution in [-0.4, -0.2) is 67.9 Å². The number of likely N-dealkylation sites (N-methyl/N-ethyl adjacent to an activating group) is 1. The molecule has 0 bridgehead atoms. The van der Waals surface area contributed by atoms with Crippen molar-refractivity contribution in [1.29, 1.82) is 0 Å². The molecule has 0 unspecified atom stereocenters. The van der Waals surface area contributed by atoms with Crippen molar-refractivity contribution >= 4 is 29.9 Å². The second-order valence-corrected chi connectivity index (χ2v) is 5.91. The summed E-state index contributed by atoms with van der Waals surface area (Å²) in [6.45, 7) is 5.70.